The maximum Gasteiger partial charge on any atom is 0.237 e. The van der Waals surface area contributed by atoms with Gasteiger partial charge in [0.2, 0.25) is 5.91 Å². The molecule has 2 heterocycles. The minimum absolute atomic E-state index is 0.0896. The van der Waals surface area contributed by atoms with E-state index in [1.807, 2.05) is 67.8 Å². The predicted molar refractivity (Wildman–Crippen MR) is 125 cm³/mol. The molecule has 8 heteroatoms. The van der Waals surface area contributed by atoms with Crippen molar-refractivity contribution in [2.45, 2.75) is 43.8 Å². The average Bonchev–Trinajstić information content (AvgIpc) is 3.18. The van der Waals surface area contributed by atoms with Crippen molar-refractivity contribution in [2.24, 2.45) is 0 Å². The molecule has 0 radical (unpaired) electrons. The first-order chi connectivity index (χ1) is 15.5. The summed E-state index contributed by atoms with van der Waals surface area (Å²) in [5, 5.41) is 12.0. The second kappa shape index (κ2) is 9.48. The number of benzene rings is 2. The first-order valence-electron chi connectivity index (χ1n) is 10.4. The number of allylic oxidation sites excluding steroid dienone is 1. The molecule has 0 saturated carbocycles. The number of thioether (sulfide) groups is 1. The van der Waals surface area contributed by atoms with Crippen molar-refractivity contribution in [1.82, 2.24) is 14.8 Å². The molecule has 2 unspecified atom stereocenters. The summed E-state index contributed by atoms with van der Waals surface area (Å²) in [6, 6.07) is 13.5. The fourth-order valence-corrected chi connectivity index (χ4v) is 4.39. The largest absolute Gasteiger partial charge is 0.485 e. The Bertz CT molecular complexity index is 1120. The lowest BCUT2D eigenvalue weighted by Gasteiger charge is -2.26. The number of aromatic nitrogens is 3. The SMILES string of the molecule is C=CCn1c(SC(C)C(=O)Nc2c(C)cccc2C)nnc1C1COc2ccccc2O1. The Morgan fingerprint density at radius 3 is 2.66 bits per heavy atom. The van der Waals surface area contributed by atoms with Crippen LogP contribution in [0.2, 0.25) is 0 Å². The van der Waals surface area contributed by atoms with Crippen LogP contribution in [0.4, 0.5) is 5.69 Å². The Kier molecular flexibility index (Phi) is 6.50. The van der Waals surface area contributed by atoms with Crippen LogP contribution in [0.15, 0.2) is 60.3 Å². The number of anilines is 1. The summed E-state index contributed by atoms with van der Waals surface area (Å²) in [4.78, 5) is 12.9. The van der Waals surface area contributed by atoms with Crippen LogP contribution in [0, 0.1) is 13.8 Å². The number of nitrogens with one attached hydrogen (secondary N) is 1. The van der Waals surface area contributed by atoms with Crippen LogP contribution in [-0.2, 0) is 11.3 Å². The molecule has 0 bridgehead atoms. The maximum atomic E-state index is 12.9. The molecule has 0 saturated heterocycles. The van der Waals surface area contributed by atoms with Gasteiger partial charge in [0, 0.05) is 12.2 Å². The maximum absolute atomic E-state index is 12.9. The van der Waals surface area contributed by atoms with Crippen molar-refractivity contribution in [2.75, 3.05) is 11.9 Å². The topological polar surface area (TPSA) is 78.3 Å². The summed E-state index contributed by atoms with van der Waals surface area (Å²) in [6.45, 7) is 10.5. The number of nitrogens with zero attached hydrogens (tertiary/aromatic N) is 3. The Morgan fingerprint density at radius 1 is 1.22 bits per heavy atom. The fraction of sp³-hybridized carbons (Fsp3) is 0.292. The average molecular weight is 451 g/mol. The monoisotopic (exact) mass is 450 g/mol. The third-order valence-corrected chi connectivity index (χ3v) is 6.31. The van der Waals surface area contributed by atoms with Gasteiger partial charge in [-0.1, -0.05) is 48.2 Å². The Hall–Kier alpha value is -3.26. The number of aryl methyl sites for hydroxylation is 2. The van der Waals surface area contributed by atoms with Crippen molar-refractivity contribution in [3.05, 3.63) is 72.1 Å². The van der Waals surface area contributed by atoms with E-state index in [4.69, 9.17) is 9.47 Å². The predicted octanol–water partition coefficient (Wildman–Crippen LogP) is 4.71. The number of ether oxygens (including phenoxy) is 2. The van der Waals surface area contributed by atoms with Crippen molar-refractivity contribution < 1.29 is 14.3 Å². The molecular formula is C24H26N4O3S. The van der Waals surface area contributed by atoms with Crippen LogP contribution in [0.25, 0.3) is 0 Å². The number of amides is 1. The Morgan fingerprint density at radius 2 is 1.94 bits per heavy atom. The van der Waals surface area contributed by atoms with Crippen LogP contribution in [0.3, 0.4) is 0 Å². The summed E-state index contributed by atoms with van der Waals surface area (Å²) in [5.74, 6) is 1.94. The fourth-order valence-electron chi connectivity index (χ4n) is 3.52. The van der Waals surface area contributed by atoms with Gasteiger partial charge in [0.25, 0.3) is 0 Å². The van der Waals surface area contributed by atoms with E-state index in [2.05, 4.69) is 22.1 Å². The molecule has 1 aliphatic rings. The van der Waals surface area contributed by atoms with E-state index in [1.54, 1.807) is 6.08 Å². The number of para-hydroxylation sites is 3. The van der Waals surface area contributed by atoms with Gasteiger partial charge in [-0.05, 0) is 44.0 Å². The minimum atomic E-state index is -0.398. The zero-order valence-electron chi connectivity index (χ0n) is 18.4. The van der Waals surface area contributed by atoms with E-state index in [1.165, 1.54) is 11.8 Å². The third kappa shape index (κ3) is 4.50. The van der Waals surface area contributed by atoms with Gasteiger partial charge in [-0.2, -0.15) is 0 Å². The number of fused-ring (bicyclic) bond motifs is 1. The van der Waals surface area contributed by atoms with Gasteiger partial charge >= 0.3 is 0 Å². The number of rotatable bonds is 7. The van der Waals surface area contributed by atoms with Crippen LogP contribution >= 0.6 is 11.8 Å². The van der Waals surface area contributed by atoms with Crippen LogP contribution < -0.4 is 14.8 Å². The van der Waals surface area contributed by atoms with Crippen molar-refractivity contribution in [3.63, 3.8) is 0 Å². The van der Waals surface area contributed by atoms with Crippen LogP contribution in [0.5, 0.6) is 11.5 Å². The molecule has 0 spiro atoms. The molecule has 1 aromatic heterocycles. The molecular weight excluding hydrogens is 424 g/mol. The Balaban J connectivity index is 1.51. The van der Waals surface area contributed by atoms with E-state index in [0.29, 0.717) is 35.6 Å². The quantitative estimate of drug-likeness (QED) is 0.415. The highest BCUT2D eigenvalue weighted by atomic mass is 32.2. The van der Waals surface area contributed by atoms with E-state index in [0.717, 1.165) is 16.8 Å². The van der Waals surface area contributed by atoms with Crippen molar-refractivity contribution >= 4 is 23.4 Å². The van der Waals surface area contributed by atoms with E-state index >= 15 is 0 Å². The molecule has 1 N–H and O–H groups in total. The zero-order valence-corrected chi connectivity index (χ0v) is 19.2. The summed E-state index contributed by atoms with van der Waals surface area (Å²) in [6.07, 6.45) is 1.38. The normalized spacial score (nSPS) is 15.8. The number of carbonyl (C=O) groups is 1. The first kappa shape index (κ1) is 22.0. The van der Waals surface area contributed by atoms with Gasteiger partial charge in [-0.3, -0.25) is 9.36 Å². The van der Waals surface area contributed by atoms with E-state index in [9.17, 15) is 4.79 Å². The van der Waals surface area contributed by atoms with Crippen molar-refractivity contribution in [3.8, 4) is 11.5 Å². The van der Waals surface area contributed by atoms with Gasteiger partial charge in [-0.15, -0.1) is 16.8 Å². The molecule has 7 nitrogen and oxygen atoms in total. The third-order valence-electron chi connectivity index (χ3n) is 5.23. The van der Waals surface area contributed by atoms with Gasteiger partial charge in [0.1, 0.15) is 6.61 Å². The molecule has 1 aliphatic heterocycles. The standard InChI is InChI=1S/C24H26N4O3S/c1-5-13-28-22(20-14-30-18-11-6-7-12-19(18)31-20)26-27-24(28)32-17(4)23(29)25-21-15(2)9-8-10-16(21)3/h5-12,17,20H,1,13-14H2,2-4H3,(H,25,29). The molecule has 2 atom stereocenters. The number of hydrogen-bond acceptors (Lipinski definition) is 6. The lowest BCUT2D eigenvalue weighted by molar-refractivity contribution is -0.115. The lowest BCUT2D eigenvalue weighted by Crippen LogP contribution is -2.26. The van der Waals surface area contributed by atoms with E-state index in [-0.39, 0.29) is 11.2 Å². The summed E-state index contributed by atoms with van der Waals surface area (Å²) < 4.78 is 13.9. The number of carbonyl (C=O) groups excluding carboxylic acids is 1. The molecule has 4 rings (SSSR count). The van der Waals surface area contributed by atoms with Crippen LogP contribution in [-0.4, -0.2) is 32.5 Å². The highest BCUT2D eigenvalue weighted by Gasteiger charge is 2.29. The molecule has 1 amide bonds. The first-order valence-corrected chi connectivity index (χ1v) is 11.3. The molecule has 0 aliphatic carbocycles. The minimum Gasteiger partial charge on any atom is -0.485 e. The smallest absolute Gasteiger partial charge is 0.237 e. The second-order valence-corrected chi connectivity index (χ2v) is 8.93. The van der Waals surface area contributed by atoms with Crippen molar-refractivity contribution in [1.29, 1.82) is 0 Å². The Labute approximate surface area is 191 Å². The van der Waals surface area contributed by atoms with Gasteiger partial charge in [0.05, 0.1) is 5.25 Å². The molecule has 166 valence electrons. The van der Waals surface area contributed by atoms with Gasteiger partial charge < -0.3 is 14.8 Å². The molecule has 3 aromatic rings. The highest BCUT2D eigenvalue weighted by Crippen LogP contribution is 2.36. The van der Waals surface area contributed by atoms with Gasteiger partial charge in [-0.25, -0.2) is 0 Å². The molecule has 0 fully saturated rings. The zero-order chi connectivity index (χ0) is 22.7. The van der Waals surface area contributed by atoms with Gasteiger partial charge in [0.15, 0.2) is 28.6 Å². The van der Waals surface area contributed by atoms with E-state index < -0.39 is 6.10 Å². The second-order valence-electron chi connectivity index (χ2n) is 7.62. The highest BCUT2D eigenvalue weighted by molar-refractivity contribution is 8.00. The molecule has 32 heavy (non-hydrogen) atoms. The number of hydrogen-bond donors (Lipinski definition) is 1. The summed E-state index contributed by atoms with van der Waals surface area (Å²) in [5.41, 5.74) is 2.91. The lowest BCUT2D eigenvalue weighted by atomic mass is 10.1. The summed E-state index contributed by atoms with van der Waals surface area (Å²) in [7, 11) is 0. The van der Waals surface area contributed by atoms with Crippen LogP contribution in [0.1, 0.15) is 30.0 Å². The molecule has 2 aromatic carbocycles. The summed E-state index contributed by atoms with van der Waals surface area (Å²) >= 11 is 1.35.